The highest BCUT2D eigenvalue weighted by molar-refractivity contribution is 8.00. The highest BCUT2D eigenvalue weighted by atomic mass is 32.2. The van der Waals surface area contributed by atoms with Crippen LogP contribution in [0.1, 0.15) is 35.3 Å². The fourth-order valence-corrected chi connectivity index (χ4v) is 4.11. The van der Waals surface area contributed by atoms with Gasteiger partial charge in [0, 0.05) is 42.7 Å². The molecule has 1 aliphatic carbocycles. The Balaban J connectivity index is 1.70. The first kappa shape index (κ1) is 26.4. The molecule has 1 saturated carbocycles. The Morgan fingerprint density at radius 2 is 2.00 bits per heavy atom. The van der Waals surface area contributed by atoms with Gasteiger partial charge >= 0.3 is 0 Å². The number of hydrogen-bond acceptors (Lipinski definition) is 9. The summed E-state index contributed by atoms with van der Waals surface area (Å²) < 4.78 is 32.4. The normalized spacial score (nSPS) is 13.6. The van der Waals surface area contributed by atoms with E-state index >= 15 is 0 Å². The summed E-state index contributed by atoms with van der Waals surface area (Å²) in [6, 6.07) is 2.82. The number of nitrogens with zero attached hydrogens (tertiary/aromatic N) is 5. The molecule has 1 aliphatic rings. The van der Waals surface area contributed by atoms with Gasteiger partial charge in [-0.05, 0) is 25.0 Å². The van der Waals surface area contributed by atoms with E-state index in [-0.39, 0.29) is 34.0 Å². The fraction of sp³-hybridized carbons (Fsp3) is 0.320. The summed E-state index contributed by atoms with van der Waals surface area (Å²) in [7, 11) is 3.03. The van der Waals surface area contributed by atoms with Gasteiger partial charge < -0.3 is 9.64 Å². The Labute approximate surface area is 217 Å². The molecule has 1 amide bonds. The third-order valence-corrected chi connectivity index (χ3v) is 6.63. The van der Waals surface area contributed by atoms with Crippen molar-refractivity contribution < 1.29 is 18.3 Å². The monoisotopic (exact) mass is 525 g/mol. The summed E-state index contributed by atoms with van der Waals surface area (Å²) in [5.41, 5.74) is 3.90. The molecule has 0 aromatic carbocycles. The number of amides is 1. The molecule has 1 fully saturated rings. The van der Waals surface area contributed by atoms with E-state index in [2.05, 4.69) is 37.2 Å². The van der Waals surface area contributed by atoms with Gasteiger partial charge in [-0.1, -0.05) is 11.8 Å². The van der Waals surface area contributed by atoms with Crippen LogP contribution in [0.5, 0.6) is 5.75 Å². The maximum atomic E-state index is 13.5. The smallest absolute Gasteiger partial charge is 0.280 e. The number of pyridine rings is 2. The van der Waals surface area contributed by atoms with Crippen molar-refractivity contribution in [1.82, 2.24) is 30.3 Å². The number of hydrogen-bond donors (Lipinski definition) is 2. The molecule has 0 spiro atoms. The van der Waals surface area contributed by atoms with Crippen molar-refractivity contribution in [2.75, 3.05) is 20.0 Å². The van der Waals surface area contributed by atoms with Gasteiger partial charge in [0.15, 0.2) is 0 Å². The topological polar surface area (TPSA) is 119 Å². The number of hydrazine groups is 1. The number of halogens is 2. The van der Waals surface area contributed by atoms with Crippen molar-refractivity contribution >= 4 is 17.7 Å². The number of ether oxygens (including phenoxy) is 1. The van der Waals surface area contributed by atoms with Crippen molar-refractivity contribution in [3.63, 3.8) is 0 Å². The van der Waals surface area contributed by atoms with Crippen molar-refractivity contribution in [2.45, 2.75) is 24.6 Å². The Morgan fingerprint density at radius 3 is 2.65 bits per heavy atom. The lowest BCUT2D eigenvalue weighted by Gasteiger charge is -2.21. The highest BCUT2D eigenvalue weighted by Crippen LogP contribution is 2.36. The first-order valence-corrected chi connectivity index (χ1v) is 12.4. The van der Waals surface area contributed by atoms with Gasteiger partial charge in [-0.25, -0.2) is 14.2 Å². The van der Waals surface area contributed by atoms with Crippen LogP contribution in [0.15, 0.2) is 43.1 Å². The molecular weight excluding hydrogens is 500 g/mol. The molecule has 192 valence electrons. The second-order valence-corrected chi connectivity index (χ2v) is 9.29. The second kappa shape index (κ2) is 12.1. The number of carbonyl (C=O) groups is 1. The standard InChI is InChI=1S/C25H25F2N7O2S/c1-34(14-37-23(33-28)6-5-15-3-4-15)25(35)18-11-31-19(21-12-29-7-8-30-21)9-16(18)17-10-20(24(26)27)32-13-22(17)36-2/h7-13,15,23-24,33H,3-4,14,28H2,1-2H3. The molecule has 1 unspecified atom stereocenters. The zero-order valence-corrected chi connectivity index (χ0v) is 21.0. The zero-order valence-electron chi connectivity index (χ0n) is 20.2. The summed E-state index contributed by atoms with van der Waals surface area (Å²) in [6.07, 6.45) is 6.55. The van der Waals surface area contributed by atoms with E-state index < -0.39 is 12.1 Å². The zero-order chi connectivity index (χ0) is 26.4. The number of nitrogens with one attached hydrogen (secondary N) is 1. The van der Waals surface area contributed by atoms with E-state index in [0.717, 1.165) is 12.8 Å². The van der Waals surface area contributed by atoms with Crippen LogP contribution in [0.25, 0.3) is 22.5 Å². The minimum Gasteiger partial charge on any atom is -0.494 e. The molecule has 9 nitrogen and oxygen atoms in total. The summed E-state index contributed by atoms with van der Waals surface area (Å²) in [4.78, 5) is 31.5. The van der Waals surface area contributed by atoms with Crippen molar-refractivity contribution in [2.24, 2.45) is 11.8 Å². The third-order valence-electron chi connectivity index (χ3n) is 5.51. The van der Waals surface area contributed by atoms with Crippen molar-refractivity contribution in [3.8, 4) is 40.1 Å². The van der Waals surface area contributed by atoms with Crippen LogP contribution in [-0.2, 0) is 0 Å². The number of rotatable bonds is 9. The fourth-order valence-electron chi connectivity index (χ4n) is 3.37. The average Bonchev–Trinajstić information content (AvgIpc) is 3.77. The molecule has 3 N–H and O–H groups in total. The first-order valence-electron chi connectivity index (χ1n) is 11.3. The molecule has 37 heavy (non-hydrogen) atoms. The molecule has 3 aromatic rings. The van der Waals surface area contributed by atoms with E-state index in [4.69, 9.17) is 10.6 Å². The van der Waals surface area contributed by atoms with Crippen LogP contribution in [0, 0.1) is 17.8 Å². The average molecular weight is 526 g/mol. The largest absolute Gasteiger partial charge is 0.494 e. The predicted octanol–water partition coefficient (Wildman–Crippen LogP) is 3.51. The second-order valence-electron chi connectivity index (χ2n) is 8.22. The minimum absolute atomic E-state index is 0.196. The highest BCUT2D eigenvalue weighted by Gasteiger charge is 2.24. The van der Waals surface area contributed by atoms with E-state index in [0.29, 0.717) is 22.9 Å². The first-order chi connectivity index (χ1) is 17.9. The van der Waals surface area contributed by atoms with Crippen LogP contribution in [-0.4, -0.2) is 56.2 Å². The molecule has 0 aliphatic heterocycles. The quantitative estimate of drug-likeness (QED) is 0.187. The van der Waals surface area contributed by atoms with Gasteiger partial charge in [-0.15, -0.1) is 11.8 Å². The Morgan fingerprint density at radius 1 is 1.19 bits per heavy atom. The van der Waals surface area contributed by atoms with Gasteiger partial charge in [-0.3, -0.25) is 30.6 Å². The van der Waals surface area contributed by atoms with Gasteiger partial charge in [0.1, 0.15) is 22.5 Å². The van der Waals surface area contributed by atoms with Gasteiger partial charge in [0.05, 0.1) is 36.6 Å². The number of alkyl halides is 2. The van der Waals surface area contributed by atoms with Gasteiger partial charge in [0.25, 0.3) is 12.3 Å². The van der Waals surface area contributed by atoms with Crippen molar-refractivity contribution in [1.29, 1.82) is 0 Å². The summed E-state index contributed by atoms with van der Waals surface area (Å²) in [6.45, 7) is 0. The van der Waals surface area contributed by atoms with Crippen LogP contribution in [0.2, 0.25) is 0 Å². The number of aromatic nitrogens is 4. The van der Waals surface area contributed by atoms with E-state index in [9.17, 15) is 13.6 Å². The molecule has 12 heteroatoms. The van der Waals surface area contributed by atoms with Crippen LogP contribution in [0.3, 0.4) is 0 Å². The van der Waals surface area contributed by atoms with Crippen LogP contribution < -0.4 is 16.0 Å². The third kappa shape index (κ3) is 6.56. The number of thioether (sulfide) groups is 1. The van der Waals surface area contributed by atoms with E-state index in [1.54, 1.807) is 13.1 Å². The Hall–Kier alpha value is -3.66. The van der Waals surface area contributed by atoms with E-state index in [1.807, 2.05) is 0 Å². The molecule has 0 saturated heterocycles. The maximum Gasteiger partial charge on any atom is 0.280 e. The number of nitrogens with two attached hydrogens (primary N) is 1. The molecule has 4 rings (SSSR count). The molecule has 0 bridgehead atoms. The Bertz CT molecular complexity index is 1310. The molecule has 0 radical (unpaired) electrons. The lowest BCUT2D eigenvalue weighted by molar-refractivity contribution is 0.0820. The van der Waals surface area contributed by atoms with Gasteiger partial charge in [0.2, 0.25) is 0 Å². The van der Waals surface area contributed by atoms with Gasteiger partial charge in [-0.2, -0.15) is 0 Å². The van der Waals surface area contributed by atoms with Crippen LogP contribution in [0.4, 0.5) is 8.78 Å². The Kier molecular flexibility index (Phi) is 8.60. The summed E-state index contributed by atoms with van der Waals surface area (Å²) >= 11 is 1.36. The van der Waals surface area contributed by atoms with E-state index in [1.165, 1.54) is 60.8 Å². The molecular formula is C25H25F2N7O2S. The predicted molar refractivity (Wildman–Crippen MR) is 136 cm³/mol. The summed E-state index contributed by atoms with van der Waals surface area (Å²) in [5.74, 6) is 12.4. The number of methoxy groups -OCH3 is 1. The lowest BCUT2D eigenvalue weighted by Crippen LogP contribution is -2.34. The molecule has 3 heterocycles. The molecule has 1 atom stereocenters. The van der Waals surface area contributed by atoms with Crippen molar-refractivity contribution in [3.05, 3.63) is 54.4 Å². The maximum absolute atomic E-state index is 13.5. The lowest BCUT2D eigenvalue weighted by atomic mass is 9.98. The SMILES string of the molecule is COc1cnc(C(F)F)cc1-c1cc(-c2cnccn2)ncc1C(=O)N(C)CSC(C#CC1CC1)NN. The number of carbonyl (C=O) groups excluding carboxylic acids is 1. The van der Waals surface area contributed by atoms with Crippen LogP contribution >= 0.6 is 11.8 Å². The summed E-state index contributed by atoms with van der Waals surface area (Å²) in [5, 5.41) is -0.346. The minimum atomic E-state index is -2.80. The molecule has 3 aromatic heterocycles.